The fourth-order valence-corrected chi connectivity index (χ4v) is 1.91. The smallest absolute Gasteiger partial charge is 0.176 e. The maximum atomic E-state index is 9.31. The second-order valence-electron chi connectivity index (χ2n) is 4.49. The molecule has 2 atom stereocenters. The summed E-state index contributed by atoms with van der Waals surface area (Å²) < 4.78 is 11.0. The lowest BCUT2D eigenvalue weighted by atomic mass is 10.2. The van der Waals surface area contributed by atoms with Crippen molar-refractivity contribution >= 4 is 11.0 Å². The molecule has 0 bridgehead atoms. The molecule has 2 rings (SSSR count). The first-order valence-corrected chi connectivity index (χ1v) is 6.24. The van der Waals surface area contributed by atoms with Crippen LogP contribution in [0.5, 0.6) is 5.75 Å². The van der Waals surface area contributed by atoms with Gasteiger partial charge >= 0.3 is 0 Å². The molecule has 2 unspecified atom stereocenters. The number of hydrogen-bond acceptors (Lipinski definition) is 5. The molecule has 1 aromatic carbocycles. The van der Waals surface area contributed by atoms with E-state index in [0.29, 0.717) is 12.3 Å². The van der Waals surface area contributed by atoms with E-state index >= 15 is 0 Å². The number of fused-ring (bicyclic) bond motifs is 1. The van der Waals surface area contributed by atoms with E-state index in [1.165, 1.54) is 0 Å². The Kier molecular flexibility index (Phi) is 4.42. The first kappa shape index (κ1) is 13.9. The average Bonchev–Trinajstić information content (AvgIpc) is 2.88. The van der Waals surface area contributed by atoms with Crippen molar-refractivity contribution in [2.24, 2.45) is 0 Å². The molecule has 1 aromatic heterocycles. The predicted octanol–water partition coefficient (Wildman–Crippen LogP) is 1.45. The van der Waals surface area contributed by atoms with Crippen molar-refractivity contribution in [2.75, 3.05) is 20.3 Å². The number of aliphatic hydroxyl groups is 2. The molecule has 104 valence electrons. The number of rotatable bonds is 6. The number of methoxy groups -OCH3 is 1. The van der Waals surface area contributed by atoms with E-state index in [1.54, 1.807) is 7.11 Å². The first-order chi connectivity index (χ1) is 9.15. The van der Waals surface area contributed by atoms with Crippen molar-refractivity contribution < 1.29 is 19.4 Å². The standard InChI is InChI=1S/C14H19NO4/c1-9(15-7-11(17)8-16)13-6-10-4-3-5-12(18-2)14(10)19-13/h3-6,9,11,15-17H,7-8H2,1-2H3. The zero-order valence-corrected chi connectivity index (χ0v) is 11.1. The fourth-order valence-electron chi connectivity index (χ4n) is 1.91. The minimum Gasteiger partial charge on any atom is -0.493 e. The van der Waals surface area contributed by atoms with Gasteiger partial charge in [0, 0.05) is 11.9 Å². The first-order valence-electron chi connectivity index (χ1n) is 6.24. The van der Waals surface area contributed by atoms with E-state index < -0.39 is 6.10 Å². The van der Waals surface area contributed by atoms with Crippen LogP contribution in [0.25, 0.3) is 11.0 Å². The van der Waals surface area contributed by atoms with Crippen LogP contribution in [0.4, 0.5) is 0 Å². The molecule has 0 saturated heterocycles. The van der Waals surface area contributed by atoms with Crippen LogP contribution in [0.3, 0.4) is 0 Å². The summed E-state index contributed by atoms with van der Waals surface area (Å²) in [6.45, 7) is 1.99. The van der Waals surface area contributed by atoms with E-state index in [1.807, 2.05) is 31.2 Å². The zero-order valence-electron chi connectivity index (χ0n) is 11.1. The van der Waals surface area contributed by atoms with Crippen molar-refractivity contribution in [3.63, 3.8) is 0 Å². The van der Waals surface area contributed by atoms with Crippen molar-refractivity contribution in [3.8, 4) is 5.75 Å². The summed E-state index contributed by atoms with van der Waals surface area (Å²) in [4.78, 5) is 0. The maximum Gasteiger partial charge on any atom is 0.176 e. The van der Waals surface area contributed by atoms with Crippen molar-refractivity contribution in [2.45, 2.75) is 19.1 Å². The van der Waals surface area contributed by atoms with Crippen molar-refractivity contribution in [3.05, 3.63) is 30.0 Å². The van der Waals surface area contributed by atoms with E-state index in [-0.39, 0.29) is 12.6 Å². The van der Waals surface area contributed by atoms with Gasteiger partial charge < -0.3 is 24.7 Å². The quantitative estimate of drug-likeness (QED) is 0.737. The van der Waals surface area contributed by atoms with E-state index in [0.717, 1.165) is 16.7 Å². The van der Waals surface area contributed by atoms with Gasteiger partial charge in [-0.2, -0.15) is 0 Å². The molecule has 0 spiro atoms. The Hall–Kier alpha value is -1.56. The lowest BCUT2D eigenvalue weighted by Gasteiger charge is -2.13. The molecule has 0 fully saturated rings. The summed E-state index contributed by atoms with van der Waals surface area (Å²) >= 11 is 0. The highest BCUT2D eigenvalue weighted by molar-refractivity contribution is 5.83. The Bertz CT molecular complexity index is 537. The Morgan fingerprint density at radius 2 is 2.21 bits per heavy atom. The second kappa shape index (κ2) is 6.06. The third-order valence-corrected chi connectivity index (χ3v) is 3.04. The van der Waals surface area contributed by atoms with Crippen LogP contribution in [0.2, 0.25) is 0 Å². The Labute approximate surface area is 111 Å². The third kappa shape index (κ3) is 3.07. The summed E-state index contributed by atoms with van der Waals surface area (Å²) in [5.41, 5.74) is 0.719. The molecule has 5 nitrogen and oxygen atoms in total. The summed E-state index contributed by atoms with van der Waals surface area (Å²) in [6.07, 6.45) is -0.763. The highest BCUT2D eigenvalue weighted by atomic mass is 16.5. The van der Waals surface area contributed by atoms with Gasteiger partial charge in [0.25, 0.3) is 0 Å². The lowest BCUT2D eigenvalue weighted by molar-refractivity contribution is 0.0917. The van der Waals surface area contributed by atoms with Crippen LogP contribution in [-0.2, 0) is 0 Å². The Morgan fingerprint density at radius 1 is 1.42 bits per heavy atom. The molecule has 3 N–H and O–H groups in total. The molecule has 19 heavy (non-hydrogen) atoms. The molecule has 0 amide bonds. The van der Waals surface area contributed by atoms with Gasteiger partial charge in [-0.25, -0.2) is 0 Å². The number of ether oxygens (including phenoxy) is 1. The van der Waals surface area contributed by atoms with Gasteiger partial charge in [-0.3, -0.25) is 0 Å². The van der Waals surface area contributed by atoms with Gasteiger partial charge in [0.1, 0.15) is 5.76 Å². The van der Waals surface area contributed by atoms with E-state index in [2.05, 4.69) is 5.32 Å². The molecular weight excluding hydrogens is 246 g/mol. The normalized spacial score (nSPS) is 14.5. The number of furan rings is 1. The van der Waals surface area contributed by atoms with Crippen LogP contribution < -0.4 is 10.1 Å². The van der Waals surface area contributed by atoms with Gasteiger partial charge in [0.15, 0.2) is 11.3 Å². The van der Waals surface area contributed by atoms with Crippen LogP contribution in [-0.4, -0.2) is 36.6 Å². The van der Waals surface area contributed by atoms with Gasteiger partial charge in [0.05, 0.1) is 25.9 Å². The SMILES string of the molecule is COc1cccc2cc(C(C)NCC(O)CO)oc12. The summed E-state index contributed by atoms with van der Waals surface area (Å²) in [6, 6.07) is 7.61. The molecule has 0 radical (unpaired) electrons. The van der Waals surface area contributed by atoms with Crippen LogP contribution in [0.15, 0.2) is 28.7 Å². The maximum absolute atomic E-state index is 9.31. The largest absolute Gasteiger partial charge is 0.493 e. The van der Waals surface area contributed by atoms with Gasteiger partial charge in [-0.05, 0) is 19.1 Å². The van der Waals surface area contributed by atoms with Gasteiger partial charge in [-0.15, -0.1) is 0 Å². The summed E-state index contributed by atoms with van der Waals surface area (Å²) in [5.74, 6) is 1.47. The minimum atomic E-state index is -0.763. The number of nitrogens with one attached hydrogen (secondary N) is 1. The average molecular weight is 265 g/mol. The molecule has 0 saturated carbocycles. The predicted molar refractivity (Wildman–Crippen MR) is 72.3 cm³/mol. The fraction of sp³-hybridized carbons (Fsp3) is 0.429. The van der Waals surface area contributed by atoms with Crippen LogP contribution in [0, 0.1) is 0 Å². The van der Waals surface area contributed by atoms with Crippen LogP contribution in [0.1, 0.15) is 18.7 Å². The number of aliphatic hydroxyl groups excluding tert-OH is 2. The molecule has 0 aliphatic rings. The summed E-state index contributed by atoms with van der Waals surface area (Å²) in [5, 5.41) is 22.2. The molecule has 0 aliphatic heterocycles. The molecule has 1 heterocycles. The molecule has 5 heteroatoms. The topological polar surface area (TPSA) is 74.9 Å². The Morgan fingerprint density at radius 3 is 2.89 bits per heavy atom. The van der Waals surface area contributed by atoms with Crippen molar-refractivity contribution in [1.82, 2.24) is 5.32 Å². The number of para-hydroxylation sites is 1. The molecular formula is C14H19NO4. The highest BCUT2D eigenvalue weighted by Crippen LogP contribution is 2.30. The van der Waals surface area contributed by atoms with Crippen molar-refractivity contribution in [1.29, 1.82) is 0 Å². The minimum absolute atomic E-state index is 0.0571. The second-order valence-corrected chi connectivity index (χ2v) is 4.49. The van der Waals surface area contributed by atoms with E-state index in [9.17, 15) is 5.11 Å². The van der Waals surface area contributed by atoms with Gasteiger partial charge in [0.2, 0.25) is 0 Å². The monoisotopic (exact) mass is 265 g/mol. The third-order valence-electron chi connectivity index (χ3n) is 3.04. The van der Waals surface area contributed by atoms with Crippen LogP contribution >= 0.6 is 0 Å². The van der Waals surface area contributed by atoms with Gasteiger partial charge in [-0.1, -0.05) is 12.1 Å². The number of hydrogen-bond donors (Lipinski definition) is 3. The summed E-state index contributed by atoms with van der Waals surface area (Å²) in [7, 11) is 1.61. The molecule has 0 aliphatic carbocycles. The highest BCUT2D eigenvalue weighted by Gasteiger charge is 2.14. The number of benzene rings is 1. The lowest BCUT2D eigenvalue weighted by Crippen LogP contribution is -2.31. The van der Waals surface area contributed by atoms with E-state index in [4.69, 9.17) is 14.3 Å². The Balaban J connectivity index is 2.16. The zero-order chi connectivity index (χ0) is 13.8. The molecule has 2 aromatic rings.